The van der Waals surface area contributed by atoms with Crippen LogP contribution in [-0.2, 0) is 4.74 Å². The molecule has 3 heteroatoms. The van der Waals surface area contributed by atoms with Gasteiger partial charge in [0.05, 0.1) is 6.10 Å². The van der Waals surface area contributed by atoms with Crippen molar-refractivity contribution in [1.82, 2.24) is 0 Å². The highest BCUT2D eigenvalue weighted by Gasteiger charge is 2.20. The summed E-state index contributed by atoms with van der Waals surface area (Å²) in [5, 5.41) is 1.09. The minimum atomic E-state index is 0.521. The summed E-state index contributed by atoms with van der Waals surface area (Å²) in [4.78, 5) is 0. The molecule has 1 aliphatic carbocycles. The van der Waals surface area contributed by atoms with Crippen molar-refractivity contribution >= 4 is 15.9 Å². The van der Waals surface area contributed by atoms with Crippen molar-refractivity contribution in [3.05, 3.63) is 0 Å². The fraction of sp³-hybridized carbons (Fsp3) is 1.00. The van der Waals surface area contributed by atoms with E-state index in [-0.39, 0.29) is 0 Å². The highest BCUT2D eigenvalue weighted by Crippen LogP contribution is 2.25. The molecule has 0 unspecified atom stereocenters. The minimum Gasteiger partial charge on any atom is -0.378 e. The third kappa shape index (κ3) is 4.76. The first-order chi connectivity index (χ1) is 6.86. The molecule has 84 valence electrons. The first-order valence-corrected chi connectivity index (χ1v) is 6.86. The predicted octanol–water partition coefficient (Wildman–Crippen LogP) is 2.70. The monoisotopic (exact) mass is 263 g/mol. The molecule has 0 aromatic rings. The zero-order valence-corrected chi connectivity index (χ0v) is 10.5. The highest BCUT2D eigenvalue weighted by atomic mass is 79.9. The molecular formula is C11H22BrNO. The van der Waals surface area contributed by atoms with Crippen LogP contribution in [-0.4, -0.2) is 24.6 Å². The fourth-order valence-corrected chi connectivity index (χ4v) is 2.38. The largest absolute Gasteiger partial charge is 0.378 e. The Morgan fingerprint density at radius 3 is 2.43 bits per heavy atom. The van der Waals surface area contributed by atoms with Crippen LogP contribution in [0.15, 0.2) is 0 Å². The van der Waals surface area contributed by atoms with Crippen LogP contribution in [0.25, 0.3) is 0 Å². The van der Waals surface area contributed by atoms with E-state index in [1.165, 1.54) is 38.5 Å². The van der Waals surface area contributed by atoms with Crippen LogP contribution >= 0.6 is 15.9 Å². The quantitative estimate of drug-likeness (QED) is 0.591. The lowest BCUT2D eigenvalue weighted by Gasteiger charge is -2.27. The maximum atomic E-state index is 5.82. The molecule has 0 amide bonds. The van der Waals surface area contributed by atoms with E-state index in [1.807, 2.05) is 0 Å². The normalized spacial score (nSPS) is 27.9. The lowest BCUT2D eigenvalue weighted by molar-refractivity contribution is 0.0177. The number of hydrogen-bond donors (Lipinski definition) is 1. The van der Waals surface area contributed by atoms with Crippen LogP contribution in [0.5, 0.6) is 0 Å². The molecule has 1 saturated carbocycles. The number of nitrogens with two attached hydrogens (primary N) is 1. The summed E-state index contributed by atoms with van der Waals surface area (Å²) in [6.07, 6.45) is 7.89. The van der Waals surface area contributed by atoms with Crippen LogP contribution in [0.4, 0.5) is 0 Å². The highest BCUT2D eigenvalue weighted by molar-refractivity contribution is 9.09. The standard InChI is InChI=1S/C11H22BrNO/c12-7-1-2-8-14-11-5-3-10(9-13)4-6-11/h10-11H,1-9,13H2. The zero-order valence-electron chi connectivity index (χ0n) is 8.88. The molecule has 1 fully saturated rings. The Balaban J connectivity index is 1.98. The topological polar surface area (TPSA) is 35.2 Å². The molecule has 2 nitrogen and oxygen atoms in total. The second-order valence-corrected chi connectivity index (χ2v) is 4.94. The van der Waals surface area contributed by atoms with E-state index in [2.05, 4.69) is 15.9 Å². The van der Waals surface area contributed by atoms with Crippen molar-refractivity contribution in [1.29, 1.82) is 0 Å². The molecule has 1 rings (SSSR count). The summed E-state index contributed by atoms with van der Waals surface area (Å²) in [5.74, 6) is 0.761. The van der Waals surface area contributed by atoms with Gasteiger partial charge in [-0.25, -0.2) is 0 Å². The van der Waals surface area contributed by atoms with E-state index in [1.54, 1.807) is 0 Å². The molecule has 0 heterocycles. The summed E-state index contributed by atoms with van der Waals surface area (Å²) in [6.45, 7) is 1.79. The van der Waals surface area contributed by atoms with Gasteiger partial charge < -0.3 is 10.5 Å². The number of halogens is 1. The molecule has 0 aliphatic heterocycles. The van der Waals surface area contributed by atoms with Crippen molar-refractivity contribution in [2.75, 3.05) is 18.5 Å². The molecule has 1 aliphatic rings. The van der Waals surface area contributed by atoms with E-state index in [0.717, 1.165) is 24.4 Å². The second-order valence-electron chi connectivity index (χ2n) is 4.15. The van der Waals surface area contributed by atoms with Crippen molar-refractivity contribution in [2.45, 2.75) is 44.6 Å². The summed E-state index contributed by atoms with van der Waals surface area (Å²) >= 11 is 3.42. The molecule has 0 aromatic heterocycles. The van der Waals surface area contributed by atoms with Crippen LogP contribution in [0.3, 0.4) is 0 Å². The summed E-state index contributed by atoms with van der Waals surface area (Å²) < 4.78 is 5.82. The molecule has 0 bridgehead atoms. The fourth-order valence-electron chi connectivity index (χ4n) is 1.98. The van der Waals surface area contributed by atoms with Gasteiger partial charge in [-0.05, 0) is 51.0 Å². The Hall–Kier alpha value is 0.400. The number of rotatable bonds is 6. The summed E-state index contributed by atoms with van der Waals surface area (Å²) in [6, 6.07) is 0. The number of ether oxygens (including phenoxy) is 1. The van der Waals surface area contributed by atoms with Gasteiger partial charge >= 0.3 is 0 Å². The van der Waals surface area contributed by atoms with E-state index < -0.39 is 0 Å². The third-order valence-electron chi connectivity index (χ3n) is 3.01. The Kier molecular flexibility index (Phi) is 6.82. The van der Waals surface area contributed by atoms with Crippen LogP contribution in [0.1, 0.15) is 38.5 Å². The Morgan fingerprint density at radius 1 is 1.14 bits per heavy atom. The maximum Gasteiger partial charge on any atom is 0.0575 e. The van der Waals surface area contributed by atoms with E-state index in [4.69, 9.17) is 10.5 Å². The number of alkyl halides is 1. The Bertz CT molecular complexity index is 135. The van der Waals surface area contributed by atoms with Gasteiger partial charge in [0, 0.05) is 11.9 Å². The van der Waals surface area contributed by atoms with Gasteiger partial charge in [0.25, 0.3) is 0 Å². The molecular weight excluding hydrogens is 242 g/mol. The van der Waals surface area contributed by atoms with Gasteiger partial charge in [-0.1, -0.05) is 15.9 Å². The van der Waals surface area contributed by atoms with Crippen LogP contribution < -0.4 is 5.73 Å². The van der Waals surface area contributed by atoms with Gasteiger partial charge in [0.1, 0.15) is 0 Å². The first-order valence-electron chi connectivity index (χ1n) is 5.74. The number of unbranched alkanes of at least 4 members (excludes halogenated alkanes) is 1. The van der Waals surface area contributed by atoms with Crippen molar-refractivity contribution in [2.24, 2.45) is 11.7 Å². The van der Waals surface area contributed by atoms with E-state index in [9.17, 15) is 0 Å². The van der Waals surface area contributed by atoms with Gasteiger partial charge in [-0.15, -0.1) is 0 Å². The van der Waals surface area contributed by atoms with Gasteiger partial charge in [0.15, 0.2) is 0 Å². The Labute approximate surface area is 95.7 Å². The first kappa shape index (κ1) is 12.5. The lowest BCUT2D eigenvalue weighted by Crippen LogP contribution is -2.26. The van der Waals surface area contributed by atoms with Crippen molar-refractivity contribution in [3.63, 3.8) is 0 Å². The third-order valence-corrected chi connectivity index (χ3v) is 3.57. The second kappa shape index (κ2) is 7.66. The number of hydrogen-bond acceptors (Lipinski definition) is 2. The molecule has 0 radical (unpaired) electrons. The molecule has 2 N–H and O–H groups in total. The van der Waals surface area contributed by atoms with Crippen molar-refractivity contribution in [3.8, 4) is 0 Å². The summed E-state index contributed by atoms with van der Waals surface area (Å²) in [7, 11) is 0. The smallest absolute Gasteiger partial charge is 0.0575 e. The molecule has 0 aromatic carbocycles. The van der Waals surface area contributed by atoms with Crippen molar-refractivity contribution < 1.29 is 4.74 Å². The Morgan fingerprint density at radius 2 is 1.86 bits per heavy atom. The zero-order chi connectivity index (χ0) is 10.2. The average Bonchev–Trinajstić information content (AvgIpc) is 2.25. The lowest BCUT2D eigenvalue weighted by atomic mass is 9.87. The molecule has 0 spiro atoms. The minimum absolute atomic E-state index is 0.521. The van der Waals surface area contributed by atoms with E-state index >= 15 is 0 Å². The van der Waals surface area contributed by atoms with Gasteiger partial charge in [-0.3, -0.25) is 0 Å². The SMILES string of the molecule is NCC1CCC(OCCCCBr)CC1. The van der Waals surface area contributed by atoms with Crippen LogP contribution in [0.2, 0.25) is 0 Å². The average molecular weight is 264 g/mol. The van der Waals surface area contributed by atoms with Gasteiger partial charge in [0.2, 0.25) is 0 Å². The predicted molar refractivity (Wildman–Crippen MR) is 63.8 cm³/mol. The van der Waals surface area contributed by atoms with E-state index in [0.29, 0.717) is 6.10 Å². The maximum absolute atomic E-state index is 5.82. The molecule has 0 saturated heterocycles. The van der Waals surface area contributed by atoms with Crippen LogP contribution in [0, 0.1) is 5.92 Å². The molecule has 0 atom stereocenters. The molecule has 14 heavy (non-hydrogen) atoms. The van der Waals surface area contributed by atoms with Gasteiger partial charge in [-0.2, -0.15) is 0 Å². The summed E-state index contributed by atoms with van der Waals surface area (Å²) in [5.41, 5.74) is 5.64.